The molecular weight excluding hydrogens is 152 g/mol. The maximum atomic E-state index is 10.1. The van der Waals surface area contributed by atoms with Crippen LogP contribution in [0.4, 0.5) is 0 Å². The van der Waals surface area contributed by atoms with Gasteiger partial charge in [-0.1, -0.05) is 13.8 Å². The van der Waals surface area contributed by atoms with Crippen molar-refractivity contribution in [2.24, 2.45) is 17.3 Å². The third-order valence-electron chi connectivity index (χ3n) is 4.32. The molecule has 3 aliphatic carbocycles. The Hall–Kier alpha value is -0.0800. The largest absolute Gasteiger partial charge is 0.393 e. The van der Waals surface area contributed by atoms with Crippen LogP contribution in [0.25, 0.3) is 0 Å². The first-order valence-electron chi connectivity index (χ1n) is 4.84. The van der Waals surface area contributed by atoms with E-state index in [-0.39, 0.29) is 12.0 Å². The highest BCUT2D eigenvalue weighted by molar-refractivity contribution is 5.10. The second kappa shape index (κ2) is 2.24. The second-order valence-electron chi connectivity index (χ2n) is 5.11. The van der Waals surface area contributed by atoms with Gasteiger partial charge < -0.3 is 10.2 Å². The van der Waals surface area contributed by atoms with Gasteiger partial charge in [-0.15, -0.1) is 0 Å². The third kappa shape index (κ3) is 0.826. The van der Waals surface area contributed by atoms with E-state index in [0.29, 0.717) is 5.92 Å². The predicted octanol–water partition coefficient (Wildman–Crippen LogP) is 1.17. The molecule has 2 bridgehead atoms. The van der Waals surface area contributed by atoms with E-state index in [0.717, 1.165) is 25.2 Å². The molecule has 0 aromatic rings. The lowest BCUT2D eigenvalue weighted by molar-refractivity contribution is -0.215. The Kier molecular flexibility index (Phi) is 1.59. The smallest absolute Gasteiger partial charge is 0.0910 e. The fourth-order valence-corrected chi connectivity index (χ4v) is 3.21. The van der Waals surface area contributed by atoms with E-state index >= 15 is 0 Å². The van der Waals surface area contributed by atoms with E-state index in [1.165, 1.54) is 0 Å². The SMILES string of the molecule is CC1(C)[C@@H]2CC[C@@](O)(CO)[C@H]1C2. The molecule has 0 amide bonds. The predicted molar refractivity (Wildman–Crippen MR) is 46.6 cm³/mol. The van der Waals surface area contributed by atoms with Crippen LogP contribution >= 0.6 is 0 Å². The lowest BCUT2D eigenvalue weighted by Gasteiger charge is -2.63. The Bertz CT molecular complexity index is 198. The van der Waals surface area contributed by atoms with Crippen molar-refractivity contribution in [3.05, 3.63) is 0 Å². The van der Waals surface area contributed by atoms with Gasteiger partial charge in [0.2, 0.25) is 0 Å². The van der Waals surface area contributed by atoms with Crippen molar-refractivity contribution in [3.8, 4) is 0 Å². The van der Waals surface area contributed by atoms with Crippen molar-refractivity contribution in [3.63, 3.8) is 0 Å². The van der Waals surface area contributed by atoms with Gasteiger partial charge in [-0.3, -0.25) is 0 Å². The Morgan fingerprint density at radius 1 is 1.42 bits per heavy atom. The van der Waals surface area contributed by atoms with Crippen LogP contribution in [0.3, 0.4) is 0 Å². The lowest BCUT2D eigenvalue weighted by atomic mass is 9.44. The number of aliphatic hydroxyl groups excluding tert-OH is 1. The summed E-state index contributed by atoms with van der Waals surface area (Å²) in [5.41, 5.74) is -0.506. The highest BCUT2D eigenvalue weighted by Gasteiger charge is 2.60. The van der Waals surface area contributed by atoms with Crippen molar-refractivity contribution in [2.75, 3.05) is 6.61 Å². The fraction of sp³-hybridized carbons (Fsp3) is 1.00. The van der Waals surface area contributed by atoms with Gasteiger partial charge in [0, 0.05) is 0 Å². The van der Waals surface area contributed by atoms with Gasteiger partial charge in [-0.05, 0) is 36.5 Å². The molecule has 2 nitrogen and oxygen atoms in total. The average molecular weight is 170 g/mol. The van der Waals surface area contributed by atoms with Gasteiger partial charge in [0.05, 0.1) is 12.2 Å². The Balaban J connectivity index is 2.21. The summed E-state index contributed by atoms with van der Waals surface area (Å²) in [5, 5.41) is 19.2. The molecule has 3 aliphatic rings. The van der Waals surface area contributed by atoms with E-state index in [2.05, 4.69) is 13.8 Å². The summed E-state index contributed by atoms with van der Waals surface area (Å²) in [7, 11) is 0. The van der Waals surface area contributed by atoms with Gasteiger partial charge in [0.15, 0.2) is 0 Å². The average Bonchev–Trinajstić information content (AvgIpc) is 2.04. The van der Waals surface area contributed by atoms with Crippen LogP contribution in [-0.2, 0) is 0 Å². The Labute approximate surface area is 73.6 Å². The molecule has 2 N–H and O–H groups in total. The number of aliphatic hydroxyl groups is 2. The third-order valence-corrected chi connectivity index (χ3v) is 4.32. The van der Waals surface area contributed by atoms with E-state index in [1.54, 1.807) is 0 Å². The van der Waals surface area contributed by atoms with Crippen LogP contribution in [0, 0.1) is 17.3 Å². The molecule has 0 saturated heterocycles. The second-order valence-corrected chi connectivity index (χ2v) is 5.11. The molecule has 0 spiro atoms. The van der Waals surface area contributed by atoms with Crippen LogP contribution in [0.5, 0.6) is 0 Å². The van der Waals surface area contributed by atoms with E-state index in [4.69, 9.17) is 5.11 Å². The molecule has 3 rings (SSSR count). The monoisotopic (exact) mass is 170 g/mol. The van der Waals surface area contributed by atoms with Gasteiger partial charge >= 0.3 is 0 Å². The molecule has 0 heterocycles. The summed E-state index contributed by atoms with van der Waals surface area (Å²) in [6, 6.07) is 0. The zero-order valence-corrected chi connectivity index (χ0v) is 7.88. The number of hydrogen-bond donors (Lipinski definition) is 2. The molecule has 2 heteroatoms. The molecule has 3 saturated carbocycles. The van der Waals surface area contributed by atoms with Crippen molar-refractivity contribution in [1.82, 2.24) is 0 Å². The fourth-order valence-electron chi connectivity index (χ4n) is 3.21. The minimum atomic E-state index is -0.766. The molecule has 70 valence electrons. The first-order valence-corrected chi connectivity index (χ1v) is 4.84. The summed E-state index contributed by atoms with van der Waals surface area (Å²) in [4.78, 5) is 0. The molecule has 0 unspecified atom stereocenters. The zero-order chi connectivity index (χ0) is 8.98. The maximum absolute atomic E-state index is 10.1. The quantitative estimate of drug-likeness (QED) is 0.620. The molecule has 0 aromatic carbocycles. The molecule has 0 aliphatic heterocycles. The lowest BCUT2D eigenvalue weighted by Crippen LogP contribution is -2.62. The normalized spacial score (nSPS) is 50.0. The van der Waals surface area contributed by atoms with E-state index in [1.807, 2.05) is 0 Å². The van der Waals surface area contributed by atoms with Crippen molar-refractivity contribution < 1.29 is 10.2 Å². The van der Waals surface area contributed by atoms with Crippen molar-refractivity contribution in [2.45, 2.75) is 38.7 Å². The molecule has 12 heavy (non-hydrogen) atoms. The van der Waals surface area contributed by atoms with E-state index < -0.39 is 5.60 Å². The topological polar surface area (TPSA) is 40.5 Å². The van der Waals surface area contributed by atoms with Gasteiger partial charge in [0.1, 0.15) is 0 Å². The molecule has 0 aromatic heterocycles. The summed E-state index contributed by atoms with van der Waals surface area (Å²) >= 11 is 0. The van der Waals surface area contributed by atoms with Crippen molar-refractivity contribution in [1.29, 1.82) is 0 Å². The molecule has 3 fully saturated rings. The van der Waals surface area contributed by atoms with Gasteiger partial charge in [-0.2, -0.15) is 0 Å². The van der Waals surface area contributed by atoms with Gasteiger partial charge in [-0.25, -0.2) is 0 Å². The molecule has 3 atom stereocenters. The number of rotatable bonds is 1. The first-order chi connectivity index (χ1) is 5.50. The standard InChI is InChI=1S/C10H18O2/c1-9(2)7-3-4-10(12,6-11)8(9)5-7/h7-8,11-12H,3-6H2,1-2H3/t7-,8+,10-/m1/s1. The summed E-state index contributed by atoms with van der Waals surface area (Å²) in [6.07, 6.45) is 2.99. The number of hydrogen-bond acceptors (Lipinski definition) is 2. The van der Waals surface area contributed by atoms with Crippen LogP contribution in [0.2, 0.25) is 0 Å². The minimum Gasteiger partial charge on any atom is -0.393 e. The first kappa shape index (κ1) is 8.52. The van der Waals surface area contributed by atoms with Gasteiger partial charge in [0.25, 0.3) is 0 Å². The minimum absolute atomic E-state index is 0.0617. The maximum Gasteiger partial charge on any atom is 0.0910 e. The van der Waals surface area contributed by atoms with Crippen molar-refractivity contribution >= 4 is 0 Å². The molecular formula is C10H18O2. The Morgan fingerprint density at radius 2 is 2.08 bits per heavy atom. The van der Waals surface area contributed by atoms with Crippen LogP contribution in [0.15, 0.2) is 0 Å². The highest BCUT2D eigenvalue weighted by atomic mass is 16.3. The molecule has 0 radical (unpaired) electrons. The number of fused-ring (bicyclic) bond motifs is 2. The summed E-state index contributed by atoms with van der Waals surface area (Å²) < 4.78 is 0. The van der Waals surface area contributed by atoms with Crippen LogP contribution < -0.4 is 0 Å². The van der Waals surface area contributed by atoms with E-state index in [9.17, 15) is 5.11 Å². The summed E-state index contributed by atoms with van der Waals surface area (Å²) in [6.45, 7) is 4.37. The van der Waals surface area contributed by atoms with Crippen LogP contribution in [0.1, 0.15) is 33.1 Å². The Morgan fingerprint density at radius 3 is 2.42 bits per heavy atom. The summed E-state index contributed by atoms with van der Waals surface area (Å²) in [5.74, 6) is 1.11. The zero-order valence-electron chi connectivity index (χ0n) is 7.88. The van der Waals surface area contributed by atoms with Crippen LogP contribution in [-0.4, -0.2) is 22.4 Å². The highest BCUT2D eigenvalue weighted by Crippen LogP contribution is 2.62.